The first kappa shape index (κ1) is 11.2. The fourth-order valence-corrected chi connectivity index (χ4v) is 0.529. The first-order valence-electron chi connectivity index (χ1n) is 3.56. The lowest BCUT2D eigenvalue weighted by molar-refractivity contribution is -0.297. The Morgan fingerprint density at radius 2 is 2.00 bits per heavy atom. The smallest absolute Gasteiger partial charge is 0.245 e. The Morgan fingerprint density at radius 1 is 1.46 bits per heavy atom. The van der Waals surface area contributed by atoms with E-state index in [0.717, 1.165) is 6.08 Å². The Balaban J connectivity index is 4.19. The van der Waals surface area contributed by atoms with E-state index in [9.17, 15) is 14.7 Å². The lowest BCUT2D eigenvalue weighted by Crippen LogP contribution is -2.41. The van der Waals surface area contributed by atoms with E-state index in [-0.39, 0.29) is 0 Å². The number of hydrogen-bond acceptors (Lipinski definition) is 3. The fourth-order valence-electron chi connectivity index (χ4n) is 0.529. The van der Waals surface area contributed by atoms with Crippen LogP contribution in [0.4, 0.5) is 0 Å². The highest BCUT2D eigenvalue weighted by Crippen LogP contribution is 1.97. The van der Waals surface area contributed by atoms with Crippen molar-refractivity contribution in [2.45, 2.75) is 19.4 Å². The molecule has 0 aliphatic rings. The van der Waals surface area contributed by atoms with Gasteiger partial charge in [0.15, 0.2) is 0 Å². The van der Waals surface area contributed by atoms with Crippen molar-refractivity contribution in [1.82, 2.24) is 5.32 Å². The number of terminal acetylenes is 1. The molecule has 0 unspecified atom stereocenters. The topological polar surface area (TPSA) is 69.2 Å². The van der Waals surface area contributed by atoms with Gasteiger partial charge in [-0.3, -0.25) is 4.79 Å². The third-order valence-electron chi connectivity index (χ3n) is 1.17. The van der Waals surface area contributed by atoms with Crippen LogP contribution in [0.1, 0.15) is 13.8 Å². The molecule has 13 heavy (non-hydrogen) atoms. The van der Waals surface area contributed by atoms with Crippen LogP contribution < -0.4 is 10.4 Å². The second-order valence-electron chi connectivity index (χ2n) is 2.91. The van der Waals surface area contributed by atoms with Gasteiger partial charge in [-0.1, -0.05) is 5.92 Å². The molecule has 1 amide bonds. The van der Waals surface area contributed by atoms with E-state index in [4.69, 9.17) is 6.42 Å². The van der Waals surface area contributed by atoms with Crippen molar-refractivity contribution in [1.29, 1.82) is 0 Å². The Kier molecular flexibility index (Phi) is 3.73. The Bertz CT molecular complexity index is 284. The molecule has 0 aromatic carbocycles. The third-order valence-corrected chi connectivity index (χ3v) is 1.17. The Hall–Kier alpha value is -1.76. The summed E-state index contributed by atoms with van der Waals surface area (Å²) >= 11 is 0. The van der Waals surface area contributed by atoms with Gasteiger partial charge in [0, 0.05) is 6.08 Å². The normalized spacial score (nSPS) is 10.8. The van der Waals surface area contributed by atoms with E-state index in [1.54, 1.807) is 13.8 Å². The van der Waals surface area contributed by atoms with Crippen LogP contribution in [0.5, 0.6) is 0 Å². The molecule has 0 aromatic rings. The van der Waals surface area contributed by atoms with Gasteiger partial charge < -0.3 is 15.2 Å². The summed E-state index contributed by atoms with van der Waals surface area (Å²) in [7, 11) is 0. The number of carboxylic acid groups (broad SMARTS) is 1. The minimum Gasteiger partial charge on any atom is -0.545 e. The zero-order chi connectivity index (χ0) is 10.5. The van der Waals surface area contributed by atoms with Crippen LogP contribution >= 0.6 is 0 Å². The van der Waals surface area contributed by atoms with Crippen molar-refractivity contribution >= 4 is 11.9 Å². The highest BCUT2D eigenvalue weighted by Gasteiger charge is 2.14. The summed E-state index contributed by atoms with van der Waals surface area (Å²) in [5.74, 6) is 0.346. The van der Waals surface area contributed by atoms with Crippen LogP contribution in [-0.2, 0) is 9.59 Å². The van der Waals surface area contributed by atoms with Crippen molar-refractivity contribution in [2.24, 2.45) is 0 Å². The van der Waals surface area contributed by atoms with Crippen molar-refractivity contribution in [3.8, 4) is 12.3 Å². The first-order chi connectivity index (χ1) is 5.87. The maximum Gasteiger partial charge on any atom is 0.245 e. The monoisotopic (exact) mass is 180 g/mol. The molecular weight excluding hydrogens is 170 g/mol. The lowest BCUT2D eigenvalue weighted by atomic mass is 10.1. The van der Waals surface area contributed by atoms with Crippen LogP contribution in [-0.4, -0.2) is 17.4 Å². The van der Waals surface area contributed by atoms with E-state index in [2.05, 4.69) is 11.2 Å². The molecule has 70 valence electrons. The van der Waals surface area contributed by atoms with Gasteiger partial charge >= 0.3 is 0 Å². The Labute approximate surface area is 76.6 Å². The van der Waals surface area contributed by atoms with E-state index in [1.165, 1.54) is 0 Å². The van der Waals surface area contributed by atoms with Gasteiger partial charge in [-0.15, -0.1) is 6.42 Å². The second kappa shape index (κ2) is 4.31. The molecule has 0 aliphatic carbocycles. The number of hydrogen-bond donors (Lipinski definition) is 1. The van der Waals surface area contributed by atoms with Crippen LogP contribution in [0.25, 0.3) is 0 Å². The standard InChI is InChI=1S/C9H11NO3/c1-4-9(2,3)10-7(11)5-6-8(12)13/h1,5-6H,2-3H3,(H,10,11)(H,12,13)/p-1. The molecule has 4 nitrogen and oxygen atoms in total. The zero-order valence-corrected chi connectivity index (χ0v) is 7.46. The van der Waals surface area contributed by atoms with Gasteiger partial charge in [-0.2, -0.15) is 0 Å². The van der Waals surface area contributed by atoms with Gasteiger partial charge in [0.25, 0.3) is 0 Å². The summed E-state index contributed by atoms with van der Waals surface area (Å²) in [6, 6.07) is 0. The highest BCUT2D eigenvalue weighted by atomic mass is 16.4. The maximum absolute atomic E-state index is 10.9. The number of aliphatic carboxylic acids is 1. The maximum atomic E-state index is 10.9. The SMILES string of the molecule is C#CC(C)(C)NC(=O)C=CC(=O)[O-]. The molecule has 1 N–H and O–H groups in total. The summed E-state index contributed by atoms with van der Waals surface area (Å²) in [5, 5.41) is 12.3. The summed E-state index contributed by atoms with van der Waals surface area (Å²) in [4.78, 5) is 20.9. The van der Waals surface area contributed by atoms with Crippen molar-refractivity contribution < 1.29 is 14.7 Å². The van der Waals surface area contributed by atoms with Crippen LogP contribution in [0.2, 0.25) is 0 Å². The highest BCUT2D eigenvalue weighted by molar-refractivity contribution is 5.93. The van der Waals surface area contributed by atoms with Crippen molar-refractivity contribution in [3.05, 3.63) is 12.2 Å². The number of carbonyl (C=O) groups excluding carboxylic acids is 2. The van der Waals surface area contributed by atoms with Gasteiger partial charge in [0.2, 0.25) is 5.91 Å². The average molecular weight is 180 g/mol. The molecule has 0 heterocycles. The van der Waals surface area contributed by atoms with Gasteiger partial charge in [-0.05, 0) is 19.9 Å². The quantitative estimate of drug-likeness (QED) is 0.439. The summed E-state index contributed by atoms with van der Waals surface area (Å²) in [6.07, 6.45) is 6.59. The number of amides is 1. The van der Waals surface area contributed by atoms with Crippen LogP contribution in [0, 0.1) is 12.3 Å². The minimum absolute atomic E-state index is 0.563. The largest absolute Gasteiger partial charge is 0.545 e. The van der Waals surface area contributed by atoms with Gasteiger partial charge in [-0.25, -0.2) is 0 Å². The number of nitrogens with one attached hydrogen (secondary N) is 1. The molecule has 0 rings (SSSR count). The molecule has 0 spiro atoms. The molecule has 0 bridgehead atoms. The number of carbonyl (C=O) groups is 2. The Morgan fingerprint density at radius 3 is 2.38 bits per heavy atom. The third kappa shape index (κ3) is 5.50. The lowest BCUT2D eigenvalue weighted by Gasteiger charge is -2.17. The van der Waals surface area contributed by atoms with E-state index in [1.807, 2.05) is 0 Å². The number of carboxylic acids is 1. The predicted octanol–water partition coefficient (Wildman–Crippen LogP) is -1.18. The number of rotatable bonds is 3. The molecular formula is C9H10NO3-. The molecule has 0 saturated carbocycles. The molecule has 4 heteroatoms. The van der Waals surface area contributed by atoms with Crippen LogP contribution in [0.15, 0.2) is 12.2 Å². The summed E-state index contributed by atoms with van der Waals surface area (Å²) in [5.41, 5.74) is -0.784. The first-order valence-corrected chi connectivity index (χ1v) is 3.56. The van der Waals surface area contributed by atoms with Crippen molar-refractivity contribution in [3.63, 3.8) is 0 Å². The summed E-state index contributed by atoms with van der Waals surface area (Å²) < 4.78 is 0. The van der Waals surface area contributed by atoms with E-state index in [0.29, 0.717) is 6.08 Å². The molecule has 0 aliphatic heterocycles. The summed E-state index contributed by atoms with van der Waals surface area (Å²) in [6.45, 7) is 3.25. The molecule has 0 radical (unpaired) electrons. The predicted molar refractivity (Wildman–Crippen MR) is 45.2 cm³/mol. The second-order valence-corrected chi connectivity index (χ2v) is 2.91. The van der Waals surface area contributed by atoms with E-state index < -0.39 is 17.4 Å². The average Bonchev–Trinajstić information content (AvgIpc) is 2.00. The van der Waals surface area contributed by atoms with Gasteiger partial charge in [0.05, 0.1) is 11.5 Å². The molecule has 0 fully saturated rings. The minimum atomic E-state index is -1.42. The van der Waals surface area contributed by atoms with Crippen LogP contribution in [0.3, 0.4) is 0 Å². The molecule has 0 atom stereocenters. The molecule has 0 saturated heterocycles. The van der Waals surface area contributed by atoms with Gasteiger partial charge in [0.1, 0.15) is 0 Å². The van der Waals surface area contributed by atoms with E-state index >= 15 is 0 Å². The molecule has 0 aromatic heterocycles. The fraction of sp³-hybridized carbons (Fsp3) is 0.333. The zero-order valence-electron chi connectivity index (χ0n) is 7.46. The van der Waals surface area contributed by atoms with Crippen molar-refractivity contribution in [2.75, 3.05) is 0 Å².